The number of pyridine rings is 2. The maximum Gasteiger partial charge on any atom is 0.252 e. The summed E-state index contributed by atoms with van der Waals surface area (Å²) >= 11 is 0. The van der Waals surface area contributed by atoms with Crippen LogP contribution in [0.1, 0.15) is 11.1 Å². The average molecular weight is 484 g/mol. The van der Waals surface area contributed by atoms with Crippen LogP contribution in [0.2, 0.25) is 0 Å². The van der Waals surface area contributed by atoms with Crippen molar-refractivity contribution in [3.8, 4) is 11.5 Å². The Bertz CT molecular complexity index is 1470. The summed E-state index contributed by atoms with van der Waals surface area (Å²) in [6.07, 6.45) is 3.13. The SMILES string of the molecule is COc1cc2cc(CN(Cc3cccnc3)S(=O)(=O)c3ccc(F)cc3)c(=O)[nH]c2cc1OC. The molecule has 34 heavy (non-hydrogen) atoms. The minimum Gasteiger partial charge on any atom is -0.493 e. The molecule has 0 bridgehead atoms. The van der Waals surface area contributed by atoms with E-state index in [4.69, 9.17) is 9.47 Å². The third kappa shape index (κ3) is 4.78. The second-order valence-corrected chi connectivity index (χ2v) is 9.44. The van der Waals surface area contributed by atoms with E-state index < -0.39 is 21.4 Å². The summed E-state index contributed by atoms with van der Waals surface area (Å²) in [6.45, 7) is -0.245. The van der Waals surface area contributed by atoms with E-state index in [0.29, 0.717) is 28.0 Å². The lowest BCUT2D eigenvalue weighted by molar-refractivity contribution is 0.355. The summed E-state index contributed by atoms with van der Waals surface area (Å²) in [5.41, 5.74) is 0.947. The molecule has 0 saturated heterocycles. The molecule has 0 atom stereocenters. The van der Waals surface area contributed by atoms with Gasteiger partial charge in [-0.2, -0.15) is 4.31 Å². The first-order valence-electron chi connectivity index (χ1n) is 10.2. The van der Waals surface area contributed by atoms with Gasteiger partial charge in [-0.15, -0.1) is 0 Å². The van der Waals surface area contributed by atoms with Crippen LogP contribution in [0.3, 0.4) is 0 Å². The fourth-order valence-electron chi connectivity index (χ4n) is 3.56. The first kappa shape index (κ1) is 23.4. The van der Waals surface area contributed by atoms with Crippen LogP contribution in [0.15, 0.2) is 76.7 Å². The summed E-state index contributed by atoms with van der Waals surface area (Å²) < 4.78 is 52.1. The van der Waals surface area contributed by atoms with Crippen LogP contribution in [0.25, 0.3) is 10.9 Å². The number of sulfonamides is 1. The van der Waals surface area contributed by atoms with Crippen molar-refractivity contribution in [2.24, 2.45) is 0 Å². The van der Waals surface area contributed by atoms with E-state index in [1.54, 1.807) is 42.7 Å². The van der Waals surface area contributed by atoms with Crippen molar-refractivity contribution >= 4 is 20.9 Å². The first-order chi connectivity index (χ1) is 16.3. The molecule has 0 fully saturated rings. The van der Waals surface area contributed by atoms with E-state index in [-0.39, 0.29) is 23.5 Å². The Hall–Kier alpha value is -3.76. The van der Waals surface area contributed by atoms with Crippen LogP contribution in [0.5, 0.6) is 11.5 Å². The molecule has 176 valence electrons. The van der Waals surface area contributed by atoms with Gasteiger partial charge in [0, 0.05) is 42.5 Å². The van der Waals surface area contributed by atoms with E-state index in [1.165, 1.54) is 26.4 Å². The van der Waals surface area contributed by atoms with Crippen molar-refractivity contribution in [3.63, 3.8) is 0 Å². The predicted octanol–water partition coefficient (Wildman–Crippen LogP) is 3.47. The number of benzene rings is 2. The average Bonchev–Trinajstić information content (AvgIpc) is 2.84. The van der Waals surface area contributed by atoms with E-state index >= 15 is 0 Å². The lowest BCUT2D eigenvalue weighted by atomic mass is 10.1. The zero-order valence-electron chi connectivity index (χ0n) is 18.5. The molecule has 1 N–H and O–H groups in total. The largest absolute Gasteiger partial charge is 0.493 e. The fraction of sp³-hybridized carbons (Fsp3) is 0.167. The number of nitrogens with one attached hydrogen (secondary N) is 1. The molecule has 10 heteroatoms. The molecular formula is C24H22FN3O5S. The molecule has 0 aliphatic rings. The lowest BCUT2D eigenvalue weighted by Crippen LogP contribution is -2.32. The highest BCUT2D eigenvalue weighted by atomic mass is 32.2. The van der Waals surface area contributed by atoms with Gasteiger partial charge >= 0.3 is 0 Å². The summed E-state index contributed by atoms with van der Waals surface area (Å²) in [5.74, 6) is 0.378. The van der Waals surface area contributed by atoms with Gasteiger partial charge in [0.25, 0.3) is 5.56 Å². The lowest BCUT2D eigenvalue weighted by Gasteiger charge is -2.22. The van der Waals surface area contributed by atoms with Gasteiger partial charge in [-0.3, -0.25) is 9.78 Å². The van der Waals surface area contributed by atoms with Gasteiger partial charge in [-0.05, 0) is 48.0 Å². The van der Waals surface area contributed by atoms with Gasteiger partial charge in [0.15, 0.2) is 11.5 Å². The van der Waals surface area contributed by atoms with Crippen molar-refractivity contribution in [1.82, 2.24) is 14.3 Å². The normalized spacial score (nSPS) is 11.6. The number of nitrogens with zero attached hydrogens (tertiary/aromatic N) is 2. The Kier molecular flexibility index (Phi) is 6.62. The van der Waals surface area contributed by atoms with Crippen molar-refractivity contribution < 1.29 is 22.3 Å². The van der Waals surface area contributed by atoms with Crippen molar-refractivity contribution in [2.75, 3.05) is 14.2 Å². The Balaban J connectivity index is 1.78. The fourth-order valence-corrected chi connectivity index (χ4v) is 4.97. The number of fused-ring (bicyclic) bond motifs is 1. The first-order valence-corrected chi connectivity index (χ1v) is 11.7. The molecule has 0 spiro atoms. The second kappa shape index (κ2) is 9.62. The van der Waals surface area contributed by atoms with Crippen molar-refractivity contribution in [1.29, 1.82) is 0 Å². The predicted molar refractivity (Wildman–Crippen MR) is 125 cm³/mol. The molecule has 2 heterocycles. The molecule has 4 aromatic rings. The number of methoxy groups -OCH3 is 2. The van der Waals surface area contributed by atoms with Gasteiger partial charge in [-0.25, -0.2) is 12.8 Å². The number of hydrogen-bond donors (Lipinski definition) is 1. The Morgan fingerprint density at radius 1 is 1.00 bits per heavy atom. The molecule has 0 radical (unpaired) electrons. The monoisotopic (exact) mass is 483 g/mol. The smallest absolute Gasteiger partial charge is 0.252 e. The number of halogens is 1. The van der Waals surface area contributed by atoms with E-state index in [9.17, 15) is 17.6 Å². The highest BCUT2D eigenvalue weighted by Gasteiger charge is 2.26. The molecular weight excluding hydrogens is 461 g/mol. The van der Waals surface area contributed by atoms with Gasteiger partial charge in [-0.1, -0.05) is 6.07 Å². The third-order valence-electron chi connectivity index (χ3n) is 5.31. The van der Waals surface area contributed by atoms with Gasteiger partial charge in [0.1, 0.15) is 5.82 Å². The topological polar surface area (TPSA) is 102 Å². The van der Waals surface area contributed by atoms with E-state index in [1.807, 2.05) is 0 Å². The zero-order chi connectivity index (χ0) is 24.3. The van der Waals surface area contributed by atoms with Crippen LogP contribution < -0.4 is 15.0 Å². The second-order valence-electron chi connectivity index (χ2n) is 7.51. The summed E-state index contributed by atoms with van der Waals surface area (Å²) in [5, 5.41) is 0.646. The quantitative estimate of drug-likeness (QED) is 0.412. The molecule has 0 saturated carbocycles. The van der Waals surface area contributed by atoms with Gasteiger partial charge < -0.3 is 14.5 Å². The highest BCUT2D eigenvalue weighted by molar-refractivity contribution is 7.89. The standard InChI is InChI=1S/C24H22FN3O5S/c1-32-22-11-17-10-18(24(29)27-21(17)12-23(22)33-2)15-28(14-16-4-3-9-26-13-16)34(30,31)20-7-5-19(25)6-8-20/h3-13H,14-15H2,1-2H3,(H,27,29). The molecule has 0 amide bonds. The number of rotatable bonds is 8. The van der Waals surface area contributed by atoms with Gasteiger partial charge in [0.05, 0.1) is 24.6 Å². The van der Waals surface area contributed by atoms with Crippen LogP contribution in [-0.2, 0) is 23.1 Å². The molecule has 2 aromatic heterocycles. The molecule has 2 aromatic carbocycles. The molecule has 0 aliphatic carbocycles. The van der Waals surface area contributed by atoms with E-state index in [2.05, 4.69) is 9.97 Å². The number of aromatic nitrogens is 2. The minimum atomic E-state index is -4.07. The van der Waals surface area contributed by atoms with Crippen molar-refractivity contribution in [2.45, 2.75) is 18.0 Å². The van der Waals surface area contributed by atoms with Crippen LogP contribution in [-0.4, -0.2) is 36.9 Å². The van der Waals surface area contributed by atoms with Crippen LogP contribution in [0, 0.1) is 5.82 Å². The van der Waals surface area contributed by atoms with E-state index in [0.717, 1.165) is 16.4 Å². The third-order valence-corrected chi connectivity index (χ3v) is 7.11. The zero-order valence-corrected chi connectivity index (χ0v) is 19.3. The minimum absolute atomic E-state index is 0.0308. The Morgan fingerprint density at radius 3 is 2.35 bits per heavy atom. The number of ether oxygens (including phenoxy) is 2. The summed E-state index contributed by atoms with van der Waals surface area (Å²) in [6, 6.07) is 12.9. The summed E-state index contributed by atoms with van der Waals surface area (Å²) in [7, 11) is -1.07. The molecule has 8 nitrogen and oxygen atoms in total. The molecule has 0 unspecified atom stereocenters. The number of H-pyrrole nitrogens is 1. The Morgan fingerprint density at radius 2 is 1.71 bits per heavy atom. The van der Waals surface area contributed by atoms with Crippen molar-refractivity contribution in [3.05, 3.63) is 94.3 Å². The van der Waals surface area contributed by atoms with Gasteiger partial charge in [0.2, 0.25) is 10.0 Å². The Labute approximate surface area is 195 Å². The van der Waals surface area contributed by atoms with Crippen LogP contribution in [0.4, 0.5) is 4.39 Å². The molecule has 4 rings (SSSR count). The molecule has 0 aliphatic heterocycles. The highest BCUT2D eigenvalue weighted by Crippen LogP contribution is 2.31. The maximum absolute atomic E-state index is 13.4. The maximum atomic E-state index is 13.4. The van der Waals surface area contributed by atoms with Crippen LogP contribution >= 0.6 is 0 Å². The number of aromatic amines is 1. The number of hydrogen-bond acceptors (Lipinski definition) is 6. The summed E-state index contributed by atoms with van der Waals surface area (Å²) in [4.78, 5) is 19.6.